The number of para-hydroxylation sites is 1. The first kappa shape index (κ1) is 26.7. The van der Waals surface area contributed by atoms with Crippen molar-refractivity contribution in [3.8, 4) is 11.5 Å². The van der Waals surface area contributed by atoms with Crippen LogP contribution in [0.3, 0.4) is 0 Å². The van der Waals surface area contributed by atoms with Crippen molar-refractivity contribution in [2.75, 3.05) is 26.1 Å². The second-order valence-corrected chi connectivity index (χ2v) is 9.57. The van der Waals surface area contributed by atoms with Gasteiger partial charge in [0.1, 0.15) is 5.25 Å². The summed E-state index contributed by atoms with van der Waals surface area (Å²) in [6, 6.07) is 20.8. The minimum Gasteiger partial charge on any atom is -0.493 e. The van der Waals surface area contributed by atoms with E-state index in [0.717, 1.165) is 5.56 Å². The average Bonchev–Trinajstić information content (AvgIpc) is 3.21. The number of carbonyl (C=O) groups is 3. The van der Waals surface area contributed by atoms with Crippen LogP contribution in [0.25, 0.3) is 0 Å². The van der Waals surface area contributed by atoms with Crippen molar-refractivity contribution in [3.63, 3.8) is 0 Å². The van der Waals surface area contributed by atoms with E-state index in [2.05, 4.69) is 10.3 Å². The highest BCUT2D eigenvalue weighted by atomic mass is 32.2. The molecule has 2 N–H and O–H groups in total. The van der Waals surface area contributed by atoms with E-state index in [9.17, 15) is 14.4 Å². The smallest absolute Gasteiger partial charge is 0.335 e. The lowest BCUT2D eigenvalue weighted by molar-refractivity contribution is -0.128. The molecule has 9 nitrogen and oxygen atoms in total. The number of aromatic carboxylic acids is 1. The van der Waals surface area contributed by atoms with Gasteiger partial charge in [-0.05, 0) is 60.5 Å². The predicted octanol–water partition coefficient (Wildman–Crippen LogP) is 4.61. The van der Waals surface area contributed by atoms with Crippen molar-refractivity contribution in [2.45, 2.75) is 18.1 Å². The van der Waals surface area contributed by atoms with E-state index in [1.54, 1.807) is 19.1 Å². The number of hydrogen-bond acceptors (Lipinski definition) is 7. The van der Waals surface area contributed by atoms with E-state index in [0.29, 0.717) is 41.0 Å². The van der Waals surface area contributed by atoms with Crippen molar-refractivity contribution in [2.24, 2.45) is 4.99 Å². The maximum absolute atomic E-state index is 13.4. The van der Waals surface area contributed by atoms with E-state index in [1.165, 1.54) is 36.0 Å². The number of benzene rings is 3. The second kappa shape index (κ2) is 12.3. The van der Waals surface area contributed by atoms with E-state index in [1.807, 2.05) is 48.5 Å². The number of amides is 2. The number of thioether (sulfide) groups is 1. The number of anilines is 1. The van der Waals surface area contributed by atoms with E-state index in [4.69, 9.17) is 14.6 Å². The van der Waals surface area contributed by atoms with E-state index < -0.39 is 11.2 Å². The Morgan fingerprint density at radius 1 is 1.00 bits per heavy atom. The third-order valence-electron chi connectivity index (χ3n) is 5.86. The van der Waals surface area contributed by atoms with Crippen LogP contribution in [-0.2, 0) is 16.0 Å². The Morgan fingerprint density at radius 3 is 2.37 bits per heavy atom. The summed E-state index contributed by atoms with van der Waals surface area (Å²) in [5.41, 5.74) is 2.25. The van der Waals surface area contributed by atoms with Gasteiger partial charge in [0.15, 0.2) is 16.7 Å². The zero-order chi connectivity index (χ0) is 27.1. The Balaban J connectivity index is 1.48. The zero-order valence-corrected chi connectivity index (χ0v) is 21.7. The van der Waals surface area contributed by atoms with Crippen LogP contribution in [0.4, 0.5) is 11.4 Å². The SMILES string of the molecule is COc1ccc(CCN2C(=O)C(CC(=O)Nc3ccc(C(=O)O)cc3)SC2=Nc2ccccc2)cc1OC. The second-order valence-electron chi connectivity index (χ2n) is 8.40. The van der Waals surface area contributed by atoms with Crippen molar-refractivity contribution >= 4 is 46.1 Å². The van der Waals surface area contributed by atoms with Crippen LogP contribution in [0, 0.1) is 0 Å². The summed E-state index contributed by atoms with van der Waals surface area (Å²) in [7, 11) is 3.15. The zero-order valence-electron chi connectivity index (χ0n) is 20.9. The van der Waals surface area contributed by atoms with Crippen LogP contribution in [0.1, 0.15) is 22.3 Å². The highest BCUT2D eigenvalue weighted by Crippen LogP contribution is 2.33. The standard InChI is InChI=1S/C28H27N3O6S/c1-36-22-13-8-18(16-23(22)37-2)14-15-31-26(33)24(38-28(31)30-20-6-4-3-5-7-20)17-25(32)29-21-11-9-19(10-12-21)27(34)35/h3-13,16,24H,14-15,17H2,1-2H3,(H,29,32)(H,34,35). The van der Waals surface area contributed by atoms with Gasteiger partial charge in [-0.15, -0.1) is 0 Å². The number of amidine groups is 1. The lowest BCUT2D eigenvalue weighted by atomic mass is 10.1. The van der Waals surface area contributed by atoms with Gasteiger partial charge in [0.25, 0.3) is 0 Å². The lowest BCUT2D eigenvalue weighted by Gasteiger charge is -2.17. The van der Waals surface area contributed by atoms with E-state index >= 15 is 0 Å². The molecule has 1 aliphatic heterocycles. The van der Waals surface area contributed by atoms with Gasteiger partial charge < -0.3 is 19.9 Å². The predicted molar refractivity (Wildman–Crippen MR) is 147 cm³/mol. The first-order valence-electron chi connectivity index (χ1n) is 11.8. The fraction of sp³-hybridized carbons (Fsp3) is 0.214. The monoisotopic (exact) mass is 533 g/mol. The normalized spacial score (nSPS) is 15.9. The topological polar surface area (TPSA) is 118 Å². The molecule has 196 valence electrons. The number of aliphatic imine (C=N–C) groups is 1. The Labute approximate surface area is 224 Å². The summed E-state index contributed by atoms with van der Waals surface area (Å²) in [6.07, 6.45) is 0.500. The molecule has 0 bridgehead atoms. The average molecular weight is 534 g/mol. The largest absolute Gasteiger partial charge is 0.493 e. The summed E-state index contributed by atoms with van der Waals surface area (Å²) in [6.45, 7) is 0.377. The van der Waals surface area contributed by atoms with Gasteiger partial charge in [0.2, 0.25) is 11.8 Å². The fourth-order valence-corrected chi connectivity index (χ4v) is 5.08. The molecule has 1 heterocycles. The Bertz CT molecular complexity index is 1340. The molecule has 2 amide bonds. The molecule has 3 aromatic rings. The Morgan fingerprint density at radius 2 is 1.71 bits per heavy atom. The molecule has 1 saturated heterocycles. The number of nitrogens with zero attached hydrogens (tertiary/aromatic N) is 2. The molecule has 0 radical (unpaired) electrons. The third kappa shape index (κ3) is 6.51. The summed E-state index contributed by atoms with van der Waals surface area (Å²) >= 11 is 1.26. The molecule has 4 rings (SSSR count). The number of carbonyl (C=O) groups excluding carboxylic acids is 2. The van der Waals surface area contributed by atoms with Gasteiger partial charge in [-0.1, -0.05) is 36.0 Å². The van der Waals surface area contributed by atoms with Crippen LogP contribution in [0.5, 0.6) is 11.5 Å². The molecule has 1 aliphatic rings. The summed E-state index contributed by atoms with van der Waals surface area (Å²) in [4.78, 5) is 43.5. The van der Waals surface area contributed by atoms with Gasteiger partial charge >= 0.3 is 5.97 Å². The maximum atomic E-state index is 13.4. The highest BCUT2D eigenvalue weighted by Gasteiger charge is 2.39. The van der Waals surface area contributed by atoms with Crippen molar-refractivity contribution in [1.82, 2.24) is 4.90 Å². The quantitative estimate of drug-likeness (QED) is 0.391. The molecule has 3 aromatic carbocycles. The van der Waals surface area contributed by atoms with Gasteiger partial charge in [-0.2, -0.15) is 0 Å². The molecule has 10 heteroatoms. The van der Waals surface area contributed by atoms with Crippen LogP contribution < -0.4 is 14.8 Å². The van der Waals surface area contributed by atoms with Crippen molar-refractivity contribution in [3.05, 3.63) is 83.9 Å². The lowest BCUT2D eigenvalue weighted by Crippen LogP contribution is -2.35. The Hall–Kier alpha value is -4.31. The van der Waals surface area contributed by atoms with Crippen LogP contribution in [0.15, 0.2) is 77.8 Å². The summed E-state index contributed by atoms with van der Waals surface area (Å²) < 4.78 is 10.7. The maximum Gasteiger partial charge on any atom is 0.335 e. The Kier molecular flexibility index (Phi) is 8.65. The minimum atomic E-state index is -1.05. The molecule has 1 fully saturated rings. The molecule has 38 heavy (non-hydrogen) atoms. The molecular formula is C28H27N3O6S. The van der Waals surface area contributed by atoms with Gasteiger partial charge in [0, 0.05) is 18.7 Å². The van der Waals surface area contributed by atoms with Crippen LogP contribution in [-0.4, -0.2) is 59.0 Å². The van der Waals surface area contributed by atoms with Crippen molar-refractivity contribution < 1.29 is 29.0 Å². The number of ether oxygens (including phenoxy) is 2. The molecule has 1 unspecified atom stereocenters. The van der Waals surface area contributed by atoms with Crippen LogP contribution >= 0.6 is 11.8 Å². The van der Waals surface area contributed by atoms with Gasteiger partial charge in [-0.25, -0.2) is 9.79 Å². The molecule has 0 aromatic heterocycles. The summed E-state index contributed by atoms with van der Waals surface area (Å²) in [5, 5.41) is 11.7. The van der Waals surface area contributed by atoms with Crippen LogP contribution in [0.2, 0.25) is 0 Å². The number of methoxy groups -OCH3 is 2. The molecule has 0 aliphatic carbocycles. The molecule has 0 spiro atoms. The molecular weight excluding hydrogens is 506 g/mol. The fourth-order valence-electron chi connectivity index (χ4n) is 3.90. The first-order chi connectivity index (χ1) is 18.4. The van der Waals surface area contributed by atoms with Gasteiger partial charge in [0.05, 0.1) is 25.5 Å². The first-order valence-corrected chi connectivity index (χ1v) is 12.7. The number of nitrogens with one attached hydrogen (secondary N) is 1. The number of hydrogen-bond donors (Lipinski definition) is 2. The molecule has 0 saturated carbocycles. The molecule has 1 atom stereocenters. The highest BCUT2D eigenvalue weighted by molar-refractivity contribution is 8.15. The van der Waals surface area contributed by atoms with Gasteiger partial charge in [-0.3, -0.25) is 14.5 Å². The number of carboxylic acid groups (broad SMARTS) is 1. The van der Waals surface area contributed by atoms with E-state index in [-0.39, 0.29) is 23.8 Å². The van der Waals surface area contributed by atoms with Crippen molar-refractivity contribution in [1.29, 1.82) is 0 Å². The number of rotatable bonds is 10. The summed E-state index contributed by atoms with van der Waals surface area (Å²) in [5.74, 6) is -0.356. The third-order valence-corrected chi connectivity index (χ3v) is 7.03. The number of carboxylic acids is 1. The minimum absolute atomic E-state index is 0.0507.